The van der Waals surface area contributed by atoms with Crippen LogP contribution in [0.1, 0.15) is 13.3 Å². The largest absolute Gasteiger partial charge is 0.496 e. The molecule has 0 saturated heterocycles. The van der Waals surface area contributed by atoms with Crippen LogP contribution in [0.2, 0.25) is 0 Å². The Kier molecular flexibility index (Phi) is 4.91. The molecule has 0 heterocycles. The van der Waals surface area contributed by atoms with Crippen LogP contribution in [-0.4, -0.2) is 19.7 Å². The first-order valence-corrected chi connectivity index (χ1v) is 5.75. The van der Waals surface area contributed by atoms with E-state index >= 15 is 0 Å². The summed E-state index contributed by atoms with van der Waals surface area (Å²) in [5, 5.41) is 3.30. The van der Waals surface area contributed by atoms with Gasteiger partial charge in [-0.2, -0.15) is 0 Å². The molecule has 0 aromatic heterocycles. The molecule has 1 atom stereocenters. The lowest BCUT2D eigenvalue weighted by molar-refractivity contribution is 0.412. The SMILES string of the molecule is COc1ccc(NCCC(C)N)cc1Br. The average molecular weight is 273 g/mol. The summed E-state index contributed by atoms with van der Waals surface area (Å²) in [4.78, 5) is 0. The van der Waals surface area contributed by atoms with Crippen LogP contribution < -0.4 is 15.8 Å². The van der Waals surface area contributed by atoms with Gasteiger partial charge in [-0.25, -0.2) is 0 Å². The number of methoxy groups -OCH3 is 1. The van der Waals surface area contributed by atoms with Crippen molar-refractivity contribution in [3.63, 3.8) is 0 Å². The number of nitrogens with two attached hydrogens (primary N) is 1. The number of halogens is 1. The Labute approximate surface area is 99.1 Å². The van der Waals surface area contributed by atoms with Gasteiger partial charge < -0.3 is 15.8 Å². The Balaban J connectivity index is 2.52. The first-order chi connectivity index (χ1) is 7.13. The molecule has 0 aliphatic carbocycles. The molecule has 0 radical (unpaired) electrons. The number of benzene rings is 1. The van der Waals surface area contributed by atoms with Gasteiger partial charge in [-0.3, -0.25) is 0 Å². The predicted molar refractivity (Wildman–Crippen MR) is 67.5 cm³/mol. The number of nitrogens with one attached hydrogen (secondary N) is 1. The molecule has 0 bridgehead atoms. The van der Waals surface area contributed by atoms with E-state index in [9.17, 15) is 0 Å². The standard InChI is InChI=1S/C11H17BrN2O/c1-8(13)5-6-14-9-3-4-11(15-2)10(12)7-9/h3-4,7-8,14H,5-6,13H2,1-2H3. The van der Waals surface area contributed by atoms with E-state index in [1.54, 1.807) is 7.11 Å². The van der Waals surface area contributed by atoms with E-state index in [2.05, 4.69) is 21.2 Å². The second-order valence-corrected chi connectivity index (χ2v) is 4.40. The molecule has 0 fully saturated rings. The van der Waals surface area contributed by atoms with Gasteiger partial charge in [-0.05, 0) is 47.5 Å². The molecular formula is C11H17BrN2O. The molecule has 1 rings (SSSR count). The summed E-state index contributed by atoms with van der Waals surface area (Å²) in [7, 11) is 1.66. The molecule has 3 N–H and O–H groups in total. The molecule has 0 spiro atoms. The fraction of sp³-hybridized carbons (Fsp3) is 0.455. The van der Waals surface area contributed by atoms with Gasteiger partial charge in [0.25, 0.3) is 0 Å². The van der Waals surface area contributed by atoms with Crippen LogP contribution in [0.5, 0.6) is 5.75 Å². The number of anilines is 1. The predicted octanol–water partition coefficient (Wildman–Crippen LogP) is 2.61. The number of hydrogen-bond donors (Lipinski definition) is 2. The Hall–Kier alpha value is -0.740. The lowest BCUT2D eigenvalue weighted by Crippen LogP contribution is -2.19. The van der Waals surface area contributed by atoms with Crippen LogP contribution in [0.15, 0.2) is 22.7 Å². The van der Waals surface area contributed by atoms with Gasteiger partial charge in [-0.15, -0.1) is 0 Å². The number of ether oxygens (including phenoxy) is 1. The van der Waals surface area contributed by atoms with E-state index in [0.717, 1.165) is 28.9 Å². The van der Waals surface area contributed by atoms with Crippen molar-refractivity contribution in [2.24, 2.45) is 5.73 Å². The summed E-state index contributed by atoms with van der Waals surface area (Å²) >= 11 is 3.44. The van der Waals surface area contributed by atoms with Crippen molar-refractivity contribution >= 4 is 21.6 Å². The maximum atomic E-state index is 5.66. The van der Waals surface area contributed by atoms with Crippen LogP contribution in [0.25, 0.3) is 0 Å². The molecule has 15 heavy (non-hydrogen) atoms. The molecule has 0 aliphatic rings. The fourth-order valence-electron chi connectivity index (χ4n) is 1.22. The summed E-state index contributed by atoms with van der Waals surface area (Å²) in [5.74, 6) is 0.841. The molecule has 0 aliphatic heterocycles. The van der Waals surface area contributed by atoms with Gasteiger partial charge >= 0.3 is 0 Å². The zero-order chi connectivity index (χ0) is 11.3. The van der Waals surface area contributed by atoms with Gasteiger partial charge in [0.1, 0.15) is 5.75 Å². The topological polar surface area (TPSA) is 47.3 Å². The number of rotatable bonds is 5. The third-order valence-electron chi connectivity index (χ3n) is 2.08. The van der Waals surface area contributed by atoms with Gasteiger partial charge in [0.15, 0.2) is 0 Å². The molecule has 0 amide bonds. The first-order valence-electron chi connectivity index (χ1n) is 4.96. The van der Waals surface area contributed by atoms with E-state index in [0.29, 0.717) is 0 Å². The Morgan fingerprint density at radius 3 is 2.80 bits per heavy atom. The quantitative estimate of drug-likeness (QED) is 0.867. The highest BCUT2D eigenvalue weighted by atomic mass is 79.9. The minimum atomic E-state index is 0.235. The third-order valence-corrected chi connectivity index (χ3v) is 2.70. The second-order valence-electron chi connectivity index (χ2n) is 3.54. The van der Waals surface area contributed by atoms with E-state index in [-0.39, 0.29) is 6.04 Å². The van der Waals surface area contributed by atoms with Crippen LogP contribution >= 0.6 is 15.9 Å². The lowest BCUT2D eigenvalue weighted by Gasteiger charge is -2.10. The molecule has 4 heteroatoms. The first kappa shape index (κ1) is 12.3. The van der Waals surface area contributed by atoms with Crippen molar-refractivity contribution in [3.8, 4) is 5.75 Å². The van der Waals surface area contributed by atoms with Gasteiger partial charge in [0, 0.05) is 18.3 Å². The van der Waals surface area contributed by atoms with Crippen molar-refractivity contribution < 1.29 is 4.74 Å². The molecular weight excluding hydrogens is 256 g/mol. The Morgan fingerprint density at radius 2 is 2.27 bits per heavy atom. The summed E-state index contributed by atoms with van der Waals surface area (Å²) in [6.07, 6.45) is 0.962. The molecule has 1 aromatic rings. The van der Waals surface area contributed by atoms with Crippen molar-refractivity contribution in [2.75, 3.05) is 19.0 Å². The highest BCUT2D eigenvalue weighted by Gasteiger charge is 2.01. The van der Waals surface area contributed by atoms with E-state index in [1.165, 1.54) is 0 Å². The molecule has 1 unspecified atom stereocenters. The van der Waals surface area contributed by atoms with E-state index < -0.39 is 0 Å². The molecule has 1 aromatic carbocycles. The van der Waals surface area contributed by atoms with E-state index in [4.69, 9.17) is 10.5 Å². The summed E-state index contributed by atoms with van der Waals surface area (Å²) in [6.45, 7) is 2.89. The Morgan fingerprint density at radius 1 is 1.53 bits per heavy atom. The van der Waals surface area contributed by atoms with Crippen molar-refractivity contribution in [1.82, 2.24) is 0 Å². The normalized spacial score (nSPS) is 12.3. The molecule has 0 saturated carbocycles. The minimum Gasteiger partial charge on any atom is -0.496 e. The van der Waals surface area contributed by atoms with E-state index in [1.807, 2.05) is 25.1 Å². The number of hydrogen-bond acceptors (Lipinski definition) is 3. The van der Waals surface area contributed by atoms with Gasteiger partial charge in [0.2, 0.25) is 0 Å². The van der Waals surface area contributed by atoms with Crippen LogP contribution in [0.4, 0.5) is 5.69 Å². The van der Waals surface area contributed by atoms with Crippen LogP contribution in [0, 0.1) is 0 Å². The highest BCUT2D eigenvalue weighted by molar-refractivity contribution is 9.10. The lowest BCUT2D eigenvalue weighted by atomic mass is 10.2. The average Bonchev–Trinajstić information content (AvgIpc) is 2.17. The third kappa shape index (κ3) is 4.10. The monoisotopic (exact) mass is 272 g/mol. The summed E-state index contributed by atoms with van der Waals surface area (Å²) < 4.78 is 6.10. The van der Waals surface area contributed by atoms with Crippen molar-refractivity contribution in [1.29, 1.82) is 0 Å². The van der Waals surface area contributed by atoms with Gasteiger partial charge in [-0.1, -0.05) is 0 Å². The van der Waals surface area contributed by atoms with Crippen LogP contribution in [0.3, 0.4) is 0 Å². The summed E-state index contributed by atoms with van der Waals surface area (Å²) in [6, 6.07) is 6.16. The Bertz CT molecular complexity index is 315. The maximum Gasteiger partial charge on any atom is 0.133 e. The zero-order valence-electron chi connectivity index (χ0n) is 9.09. The van der Waals surface area contributed by atoms with Gasteiger partial charge in [0.05, 0.1) is 11.6 Å². The van der Waals surface area contributed by atoms with Crippen LogP contribution in [-0.2, 0) is 0 Å². The zero-order valence-corrected chi connectivity index (χ0v) is 10.7. The van der Waals surface area contributed by atoms with Crippen molar-refractivity contribution in [2.45, 2.75) is 19.4 Å². The smallest absolute Gasteiger partial charge is 0.133 e. The minimum absolute atomic E-state index is 0.235. The fourth-order valence-corrected chi connectivity index (χ4v) is 1.76. The molecule has 84 valence electrons. The summed E-state index contributed by atoms with van der Waals surface area (Å²) in [5.41, 5.74) is 6.74. The highest BCUT2D eigenvalue weighted by Crippen LogP contribution is 2.27. The van der Waals surface area contributed by atoms with Crippen molar-refractivity contribution in [3.05, 3.63) is 22.7 Å². The molecule has 3 nitrogen and oxygen atoms in total. The second kappa shape index (κ2) is 5.98. The maximum absolute atomic E-state index is 5.66.